The highest BCUT2D eigenvalue weighted by Gasteiger charge is 2.20. The third-order valence-electron chi connectivity index (χ3n) is 3.52. The molecule has 0 saturated heterocycles. The molecule has 24 heavy (non-hydrogen) atoms. The van der Waals surface area contributed by atoms with Crippen molar-refractivity contribution < 1.29 is 14.3 Å². The summed E-state index contributed by atoms with van der Waals surface area (Å²) in [5, 5.41) is 1.91. The van der Waals surface area contributed by atoms with Crippen LogP contribution in [0.25, 0.3) is 10.8 Å². The average molecular weight is 407 g/mol. The largest absolute Gasteiger partial charge is 0.486 e. The van der Waals surface area contributed by atoms with Gasteiger partial charge in [0.1, 0.15) is 6.61 Å². The number of carbonyl (C=O) groups excluding carboxylic acids is 1. The molecule has 0 atom stereocenters. The van der Waals surface area contributed by atoms with Crippen LogP contribution in [0.1, 0.15) is 16.1 Å². The third-order valence-corrected chi connectivity index (χ3v) is 4.82. The van der Waals surface area contributed by atoms with Crippen LogP contribution in [0.3, 0.4) is 0 Å². The van der Waals surface area contributed by atoms with Gasteiger partial charge >= 0.3 is 5.97 Å². The van der Waals surface area contributed by atoms with E-state index in [1.54, 1.807) is 12.3 Å². The number of halogens is 2. The minimum absolute atomic E-state index is 0.124. The fourth-order valence-electron chi connectivity index (χ4n) is 2.32. The first-order valence-corrected chi connectivity index (χ1v) is 8.30. The van der Waals surface area contributed by atoms with Gasteiger partial charge in [-0.1, -0.05) is 41.9 Å². The quantitative estimate of drug-likeness (QED) is 0.571. The normalized spacial score (nSPS) is 10.6. The summed E-state index contributed by atoms with van der Waals surface area (Å²) in [6.45, 7) is 0.305. The molecule has 122 valence electrons. The van der Waals surface area contributed by atoms with Crippen LogP contribution in [0, 0.1) is 0 Å². The SMILES string of the molecule is COC(=O)c1ncc2c(Cl)c(Br)ccc2c1OCc1ccccc1. The van der Waals surface area contributed by atoms with Gasteiger partial charge in [0.2, 0.25) is 0 Å². The topological polar surface area (TPSA) is 48.4 Å². The maximum absolute atomic E-state index is 12.0. The Hall–Kier alpha value is -2.11. The van der Waals surface area contributed by atoms with Gasteiger partial charge in [0.15, 0.2) is 11.4 Å². The van der Waals surface area contributed by atoms with Crippen LogP contribution in [0.2, 0.25) is 5.02 Å². The molecule has 2 aromatic carbocycles. The van der Waals surface area contributed by atoms with Crippen molar-refractivity contribution in [3.8, 4) is 5.75 Å². The summed E-state index contributed by atoms with van der Waals surface area (Å²) in [6, 6.07) is 13.3. The van der Waals surface area contributed by atoms with Gasteiger partial charge in [-0.15, -0.1) is 0 Å². The van der Waals surface area contributed by atoms with Gasteiger partial charge in [-0.2, -0.15) is 0 Å². The zero-order chi connectivity index (χ0) is 17.1. The fraction of sp³-hybridized carbons (Fsp3) is 0.111. The number of rotatable bonds is 4. The molecule has 0 aliphatic rings. The number of benzene rings is 2. The Morgan fingerprint density at radius 3 is 2.62 bits per heavy atom. The van der Waals surface area contributed by atoms with Crippen molar-refractivity contribution in [2.24, 2.45) is 0 Å². The molecule has 0 saturated carbocycles. The average Bonchev–Trinajstić information content (AvgIpc) is 2.62. The molecule has 0 bridgehead atoms. The highest BCUT2D eigenvalue weighted by Crippen LogP contribution is 2.37. The molecule has 0 radical (unpaired) electrons. The Kier molecular flexibility index (Phi) is 5.02. The molecule has 0 spiro atoms. The zero-order valence-corrected chi connectivity index (χ0v) is 15.1. The van der Waals surface area contributed by atoms with Crippen LogP contribution in [-0.2, 0) is 11.3 Å². The molecule has 0 unspecified atom stereocenters. The van der Waals surface area contributed by atoms with Gasteiger partial charge in [0.05, 0.1) is 12.1 Å². The first-order chi connectivity index (χ1) is 11.6. The van der Waals surface area contributed by atoms with Gasteiger partial charge in [-0.05, 0) is 33.6 Å². The molecule has 1 heterocycles. The zero-order valence-electron chi connectivity index (χ0n) is 12.8. The van der Waals surface area contributed by atoms with E-state index in [0.29, 0.717) is 28.2 Å². The van der Waals surface area contributed by atoms with Crippen molar-refractivity contribution in [3.05, 3.63) is 69.4 Å². The molecule has 4 nitrogen and oxygen atoms in total. The number of methoxy groups -OCH3 is 1. The van der Waals surface area contributed by atoms with Crippen LogP contribution < -0.4 is 4.74 Å². The summed E-state index contributed by atoms with van der Waals surface area (Å²) < 4.78 is 11.5. The fourth-order valence-corrected chi connectivity index (χ4v) is 2.88. The van der Waals surface area contributed by atoms with Crippen molar-refractivity contribution in [1.82, 2.24) is 4.98 Å². The Morgan fingerprint density at radius 2 is 1.92 bits per heavy atom. The minimum Gasteiger partial charge on any atom is -0.486 e. The molecule has 0 amide bonds. The van der Waals surface area contributed by atoms with Crippen LogP contribution in [0.4, 0.5) is 0 Å². The first-order valence-electron chi connectivity index (χ1n) is 7.13. The van der Waals surface area contributed by atoms with Crippen LogP contribution in [0.15, 0.2) is 53.1 Å². The summed E-state index contributed by atoms with van der Waals surface area (Å²) in [4.78, 5) is 16.2. The van der Waals surface area contributed by atoms with E-state index in [4.69, 9.17) is 21.1 Å². The van der Waals surface area contributed by atoms with Gasteiger partial charge in [-0.25, -0.2) is 9.78 Å². The van der Waals surface area contributed by atoms with Crippen molar-refractivity contribution in [3.63, 3.8) is 0 Å². The lowest BCUT2D eigenvalue weighted by Gasteiger charge is -2.13. The molecule has 0 aliphatic carbocycles. The van der Waals surface area contributed by atoms with E-state index < -0.39 is 5.97 Å². The number of carbonyl (C=O) groups is 1. The number of fused-ring (bicyclic) bond motifs is 1. The molecule has 0 fully saturated rings. The van der Waals surface area contributed by atoms with E-state index in [9.17, 15) is 4.79 Å². The number of pyridine rings is 1. The van der Waals surface area contributed by atoms with Gasteiger partial charge < -0.3 is 9.47 Å². The number of ether oxygens (including phenoxy) is 2. The lowest BCUT2D eigenvalue weighted by molar-refractivity contribution is 0.0589. The number of hydrogen-bond acceptors (Lipinski definition) is 4. The maximum atomic E-state index is 12.0. The van der Waals surface area contributed by atoms with Crippen LogP contribution >= 0.6 is 27.5 Å². The summed E-state index contributed by atoms with van der Waals surface area (Å²) in [5.41, 5.74) is 1.10. The second-order valence-electron chi connectivity index (χ2n) is 5.02. The summed E-state index contributed by atoms with van der Waals surface area (Å²) in [6.07, 6.45) is 1.55. The van der Waals surface area contributed by atoms with E-state index in [0.717, 1.165) is 10.0 Å². The Labute approximate surface area is 152 Å². The maximum Gasteiger partial charge on any atom is 0.360 e. The van der Waals surface area contributed by atoms with Gasteiger partial charge in [0.25, 0.3) is 0 Å². The monoisotopic (exact) mass is 405 g/mol. The summed E-state index contributed by atoms with van der Waals surface area (Å²) >= 11 is 9.71. The first kappa shape index (κ1) is 16.7. The second kappa shape index (κ2) is 7.20. The Balaban J connectivity index is 2.10. The molecule has 1 aromatic heterocycles. The van der Waals surface area contributed by atoms with Crippen molar-refractivity contribution in [2.45, 2.75) is 6.61 Å². The molecule has 6 heteroatoms. The number of aromatic nitrogens is 1. The highest BCUT2D eigenvalue weighted by molar-refractivity contribution is 9.10. The van der Waals surface area contributed by atoms with E-state index in [1.165, 1.54) is 7.11 Å². The summed E-state index contributed by atoms with van der Waals surface area (Å²) in [7, 11) is 1.31. The summed E-state index contributed by atoms with van der Waals surface area (Å²) in [5.74, 6) is -0.198. The lowest BCUT2D eigenvalue weighted by Crippen LogP contribution is -2.09. The molecule has 0 aliphatic heterocycles. The minimum atomic E-state index is -0.556. The van der Waals surface area contributed by atoms with E-state index in [-0.39, 0.29) is 5.69 Å². The van der Waals surface area contributed by atoms with Crippen LogP contribution in [0.5, 0.6) is 5.75 Å². The van der Waals surface area contributed by atoms with Gasteiger partial charge in [-0.3, -0.25) is 0 Å². The number of hydrogen-bond donors (Lipinski definition) is 0. The standard InChI is InChI=1S/C18H13BrClNO3/c1-23-18(22)16-17(24-10-11-5-3-2-4-6-11)12-7-8-14(19)15(20)13(12)9-21-16/h2-9H,10H2,1H3. The number of esters is 1. The van der Waals surface area contributed by atoms with Gasteiger partial charge in [0, 0.05) is 21.4 Å². The van der Waals surface area contributed by atoms with Crippen LogP contribution in [-0.4, -0.2) is 18.1 Å². The molecule has 3 aromatic rings. The van der Waals surface area contributed by atoms with E-state index in [2.05, 4.69) is 20.9 Å². The lowest BCUT2D eigenvalue weighted by atomic mass is 10.1. The van der Waals surface area contributed by atoms with E-state index in [1.807, 2.05) is 36.4 Å². The Bertz CT molecular complexity index is 900. The van der Waals surface area contributed by atoms with Crippen molar-refractivity contribution in [2.75, 3.05) is 7.11 Å². The van der Waals surface area contributed by atoms with E-state index >= 15 is 0 Å². The molecule has 0 N–H and O–H groups in total. The Morgan fingerprint density at radius 1 is 1.17 bits per heavy atom. The predicted octanol–water partition coefficient (Wildman–Crippen LogP) is 5.02. The van der Waals surface area contributed by atoms with Crippen molar-refractivity contribution in [1.29, 1.82) is 0 Å². The highest BCUT2D eigenvalue weighted by atomic mass is 79.9. The second-order valence-corrected chi connectivity index (χ2v) is 6.26. The smallest absolute Gasteiger partial charge is 0.360 e. The molecular formula is C18H13BrClNO3. The third kappa shape index (κ3) is 3.23. The van der Waals surface area contributed by atoms with Crippen molar-refractivity contribution >= 4 is 44.3 Å². The predicted molar refractivity (Wildman–Crippen MR) is 96.6 cm³/mol. The number of nitrogens with zero attached hydrogens (tertiary/aromatic N) is 1. The molecule has 3 rings (SSSR count). The molecular weight excluding hydrogens is 394 g/mol.